The van der Waals surface area contributed by atoms with Crippen LogP contribution >= 0.6 is 11.6 Å². The average Bonchev–Trinajstić information content (AvgIpc) is 3.05. The van der Waals surface area contributed by atoms with Crippen molar-refractivity contribution in [3.8, 4) is 11.5 Å². The maximum Gasteiger partial charge on any atom is 0.264 e. The number of likely N-dealkylation sites (N-methyl/N-ethyl adjacent to an activating group) is 1. The highest BCUT2D eigenvalue weighted by Gasteiger charge is 2.34. The molecule has 4 aromatic rings. The summed E-state index contributed by atoms with van der Waals surface area (Å²) in [6, 6.07) is 26.3. The number of halogens is 1. The second-order valence-electron chi connectivity index (χ2n) is 10.3. The van der Waals surface area contributed by atoms with Crippen LogP contribution in [0.1, 0.15) is 16.7 Å². The van der Waals surface area contributed by atoms with E-state index < -0.39 is 28.5 Å². The standard InChI is InChI=1S/C34H36ClN3O6S/c1-24-10-17-29(18-11-24)45(41,42)38(28-16-19-31(43-3)32(21-28)44-4)23-33(39)37(22-26-12-14-27(35)15-13-26)30(34(40)36-2)20-25-8-6-5-7-9-25/h5-19,21,30H,20,22-23H2,1-4H3,(H,36,40)/t30-/m0/s1. The van der Waals surface area contributed by atoms with E-state index in [1.807, 2.05) is 37.3 Å². The maximum atomic E-state index is 14.4. The minimum absolute atomic E-state index is 0.00655. The molecule has 2 amide bonds. The fourth-order valence-corrected chi connectivity index (χ4v) is 6.39. The predicted molar refractivity (Wildman–Crippen MR) is 175 cm³/mol. The lowest BCUT2D eigenvalue weighted by molar-refractivity contribution is -0.139. The quantitative estimate of drug-likeness (QED) is 0.212. The van der Waals surface area contributed by atoms with Crippen molar-refractivity contribution in [1.82, 2.24) is 10.2 Å². The van der Waals surface area contributed by atoms with Crippen LogP contribution in [0.25, 0.3) is 0 Å². The molecule has 4 rings (SSSR count). The van der Waals surface area contributed by atoms with Gasteiger partial charge in [-0.3, -0.25) is 13.9 Å². The molecule has 0 aliphatic carbocycles. The molecule has 0 aliphatic heterocycles. The van der Waals surface area contributed by atoms with E-state index in [9.17, 15) is 18.0 Å². The van der Waals surface area contributed by atoms with Gasteiger partial charge in [-0.05, 0) is 54.4 Å². The zero-order chi connectivity index (χ0) is 32.6. The molecule has 11 heteroatoms. The third-order valence-corrected chi connectivity index (χ3v) is 9.37. The Balaban J connectivity index is 1.82. The lowest BCUT2D eigenvalue weighted by atomic mass is 10.0. The molecule has 0 heterocycles. The molecule has 0 radical (unpaired) electrons. The summed E-state index contributed by atoms with van der Waals surface area (Å²) in [5.41, 5.74) is 2.62. The van der Waals surface area contributed by atoms with Crippen molar-refractivity contribution in [3.05, 3.63) is 119 Å². The van der Waals surface area contributed by atoms with E-state index in [2.05, 4.69) is 5.32 Å². The molecule has 0 bridgehead atoms. The van der Waals surface area contributed by atoms with E-state index in [1.54, 1.807) is 48.5 Å². The van der Waals surface area contributed by atoms with Gasteiger partial charge < -0.3 is 19.7 Å². The number of benzene rings is 4. The second-order valence-corrected chi connectivity index (χ2v) is 12.6. The van der Waals surface area contributed by atoms with Gasteiger partial charge in [-0.2, -0.15) is 0 Å². The Morgan fingerprint density at radius 3 is 2.09 bits per heavy atom. The van der Waals surface area contributed by atoms with Crippen LogP contribution < -0.4 is 19.1 Å². The molecule has 0 unspecified atom stereocenters. The van der Waals surface area contributed by atoms with Gasteiger partial charge in [0.05, 0.1) is 24.8 Å². The van der Waals surface area contributed by atoms with Crippen LogP contribution in [0.5, 0.6) is 11.5 Å². The molecular formula is C34H36ClN3O6S. The van der Waals surface area contributed by atoms with Crippen molar-refractivity contribution in [2.24, 2.45) is 0 Å². The number of sulfonamides is 1. The van der Waals surface area contributed by atoms with Gasteiger partial charge in [0.25, 0.3) is 10.0 Å². The number of amides is 2. The number of aryl methyl sites for hydroxylation is 1. The van der Waals surface area contributed by atoms with E-state index in [-0.39, 0.29) is 35.2 Å². The Bertz CT molecular complexity index is 1720. The van der Waals surface area contributed by atoms with Crippen molar-refractivity contribution < 1.29 is 27.5 Å². The number of carbonyl (C=O) groups is 2. The first-order valence-corrected chi connectivity index (χ1v) is 16.0. The minimum Gasteiger partial charge on any atom is -0.493 e. The second kappa shape index (κ2) is 15.0. The van der Waals surface area contributed by atoms with Crippen LogP contribution in [0, 0.1) is 6.92 Å². The smallest absolute Gasteiger partial charge is 0.264 e. The van der Waals surface area contributed by atoms with Gasteiger partial charge in [0.1, 0.15) is 12.6 Å². The summed E-state index contributed by atoms with van der Waals surface area (Å²) in [5, 5.41) is 3.19. The number of hydrogen-bond donors (Lipinski definition) is 1. The van der Waals surface area contributed by atoms with Gasteiger partial charge >= 0.3 is 0 Å². The summed E-state index contributed by atoms with van der Waals surface area (Å²) in [4.78, 5) is 29.2. The number of ether oxygens (including phenoxy) is 2. The number of methoxy groups -OCH3 is 2. The number of carbonyl (C=O) groups excluding carboxylic acids is 2. The van der Waals surface area contributed by atoms with Crippen molar-refractivity contribution in [2.45, 2.75) is 30.8 Å². The Kier molecular flexibility index (Phi) is 11.1. The van der Waals surface area contributed by atoms with Gasteiger partial charge in [-0.1, -0.05) is 71.8 Å². The van der Waals surface area contributed by atoms with E-state index in [0.717, 1.165) is 15.4 Å². The van der Waals surface area contributed by atoms with Gasteiger partial charge in [-0.15, -0.1) is 0 Å². The van der Waals surface area contributed by atoms with E-state index in [1.165, 1.54) is 44.4 Å². The van der Waals surface area contributed by atoms with Gasteiger partial charge in [0.15, 0.2) is 11.5 Å². The van der Waals surface area contributed by atoms with Gasteiger partial charge in [0, 0.05) is 31.1 Å². The monoisotopic (exact) mass is 649 g/mol. The lowest BCUT2D eigenvalue weighted by Crippen LogP contribution is -2.53. The molecule has 0 saturated heterocycles. The summed E-state index contributed by atoms with van der Waals surface area (Å²) in [5.74, 6) is -0.288. The third-order valence-electron chi connectivity index (χ3n) is 7.33. The summed E-state index contributed by atoms with van der Waals surface area (Å²) < 4.78 is 40.2. The van der Waals surface area contributed by atoms with Crippen LogP contribution in [0.4, 0.5) is 5.69 Å². The lowest BCUT2D eigenvalue weighted by Gasteiger charge is -2.33. The molecule has 0 aromatic heterocycles. The Morgan fingerprint density at radius 2 is 1.49 bits per heavy atom. The van der Waals surface area contributed by atoms with Crippen LogP contribution in [0.2, 0.25) is 5.02 Å². The molecule has 9 nitrogen and oxygen atoms in total. The maximum absolute atomic E-state index is 14.4. The number of nitrogens with one attached hydrogen (secondary N) is 1. The molecular weight excluding hydrogens is 614 g/mol. The van der Waals surface area contributed by atoms with Crippen molar-refractivity contribution in [2.75, 3.05) is 32.1 Å². The minimum atomic E-state index is -4.26. The molecule has 4 aromatic carbocycles. The molecule has 236 valence electrons. The predicted octanol–water partition coefficient (Wildman–Crippen LogP) is 5.25. The number of anilines is 1. The van der Waals surface area contributed by atoms with Crippen LogP contribution in [0.3, 0.4) is 0 Å². The molecule has 0 spiro atoms. The van der Waals surface area contributed by atoms with Gasteiger partial charge in [0.2, 0.25) is 11.8 Å². The fraction of sp³-hybridized carbons (Fsp3) is 0.235. The third kappa shape index (κ3) is 8.14. The van der Waals surface area contributed by atoms with Crippen molar-refractivity contribution >= 4 is 39.1 Å². The van der Waals surface area contributed by atoms with Crippen LogP contribution in [0.15, 0.2) is 102 Å². The summed E-state index contributed by atoms with van der Waals surface area (Å²) in [6.07, 6.45) is 0.209. The van der Waals surface area contributed by atoms with E-state index >= 15 is 0 Å². The molecule has 1 N–H and O–H groups in total. The highest BCUT2D eigenvalue weighted by Crippen LogP contribution is 2.34. The Hall–Kier alpha value is -4.54. The molecule has 1 atom stereocenters. The van der Waals surface area contributed by atoms with Crippen LogP contribution in [-0.4, -0.2) is 59.0 Å². The largest absolute Gasteiger partial charge is 0.493 e. The first-order chi connectivity index (χ1) is 21.6. The van der Waals surface area contributed by atoms with E-state index in [4.69, 9.17) is 21.1 Å². The van der Waals surface area contributed by atoms with E-state index in [0.29, 0.717) is 16.3 Å². The molecule has 0 saturated carbocycles. The van der Waals surface area contributed by atoms with Crippen LogP contribution in [-0.2, 0) is 32.6 Å². The number of nitrogens with zero attached hydrogens (tertiary/aromatic N) is 2. The first kappa shape index (κ1) is 33.4. The Morgan fingerprint density at radius 1 is 0.844 bits per heavy atom. The Labute approximate surface area is 269 Å². The zero-order valence-electron chi connectivity index (χ0n) is 25.6. The molecule has 45 heavy (non-hydrogen) atoms. The summed E-state index contributed by atoms with van der Waals surface area (Å²) >= 11 is 6.12. The summed E-state index contributed by atoms with van der Waals surface area (Å²) in [6.45, 7) is 1.29. The van der Waals surface area contributed by atoms with Crippen molar-refractivity contribution in [1.29, 1.82) is 0 Å². The average molecular weight is 650 g/mol. The zero-order valence-corrected chi connectivity index (χ0v) is 27.1. The number of rotatable bonds is 13. The highest BCUT2D eigenvalue weighted by atomic mass is 35.5. The molecule has 0 aliphatic rings. The van der Waals surface area contributed by atoms with Crippen molar-refractivity contribution in [3.63, 3.8) is 0 Å². The topological polar surface area (TPSA) is 105 Å². The summed E-state index contributed by atoms with van der Waals surface area (Å²) in [7, 11) is 0.157. The van der Waals surface area contributed by atoms with Gasteiger partial charge in [-0.25, -0.2) is 8.42 Å². The highest BCUT2D eigenvalue weighted by molar-refractivity contribution is 7.92. The number of hydrogen-bond acceptors (Lipinski definition) is 6. The SMILES string of the molecule is CNC(=O)[C@H](Cc1ccccc1)N(Cc1ccc(Cl)cc1)C(=O)CN(c1ccc(OC)c(OC)c1)S(=O)(=O)c1ccc(C)cc1. The normalized spacial score (nSPS) is 11.8. The fourth-order valence-electron chi connectivity index (χ4n) is 4.85. The molecule has 0 fully saturated rings. The first-order valence-electron chi connectivity index (χ1n) is 14.2.